The van der Waals surface area contributed by atoms with Crippen LogP contribution < -0.4 is 0 Å². The third-order valence-electron chi connectivity index (χ3n) is 3.39. The van der Waals surface area contributed by atoms with Gasteiger partial charge in [0.25, 0.3) is 0 Å². The van der Waals surface area contributed by atoms with Gasteiger partial charge in [-0.2, -0.15) is 0 Å². The number of hydrogen-bond donors (Lipinski definition) is 1. The predicted molar refractivity (Wildman–Crippen MR) is 75.1 cm³/mol. The monoisotopic (exact) mass is 291 g/mol. The maximum Gasteiger partial charge on any atom is 0.305 e. The molecule has 1 fully saturated rings. The van der Waals surface area contributed by atoms with Crippen LogP contribution in [0.5, 0.6) is 0 Å². The molecule has 2 atom stereocenters. The highest BCUT2D eigenvalue weighted by atomic mass is 35.5. The molecule has 2 rings (SSSR count). The minimum Gasteiger partial charge on any atom is -0.481 e. The van der Waals surface area contributed by atoms with Gasteiger partial charge in [0.05, 0.1) is 12.5 Å². The number of aliphatic carboxylic acids is 1. The van der Waals surface area contributed by atoms with Gasteiger partial charge in [0.2, 0.25) is 5.91 Å². The number of hydrogen-bond acceptors (Lipinski definition) is 2. The number of amides is 1. The molecule has 0 bridgehead atoms. The maximum absolute atomic E-state index is 12.0. The van der Waals surface area contributed by atoms with Crippen molar-refractivity contribution in [2.24, 2.45) is 5.92 Å². The van der Waals surface area contributed by atoms with Crippen molar-refractivity contribution < 1.29 is 14.7 Å². The minimum atomic E-state index is -0.957. The first kappa shape index (κ1) is 14.4. The molecule has 4 nitrogen and oxygen atoms in total. The van der Waals surface area contributed by atoms with E-state index in [1.54, 1.807) is 29.2 Å². The van der Waals surface area contributed by atoms with E-state index >= 15 is 0 Å². The van der Waals surface area contributed by atoms with E-state index in [0.29, 0.717) is 11.6 Å². The molecule has 1 aromatic carbocycles. The van der Waals surface area contributed by atoms with Gasteiger partial charge in [0.15, 0.2) is 0 Å². The minimum absolute atomic E-state index is 0.103. The van der Waals surface area contributed by atoms with Gasteiger partial charge in [-0.25, -0.2) is 0 Å². The fraction of sp³-hybridized carbons (Fsp3) is 0.333. The van der Waals surface area contributed by atoms with Crippen molar-refractivity contribution in [3.05, 3.63) is 34.9 Å². The van der Waals surface area contributed by atoms with Gasteiger partial charge in [-0.3, -0.25) is 9.59 Å². The van der Waals surface area contributed by atoms with Gasteiger partial charge in [-0.15, -0.1) is 12.3 Å². The van der Waals surface area contributed by atoms with Crippen molar-refractivity contribution >= 4 is 23.5 Å². The summed E-state index contributed by atoms with van der Waals surface area (Å²) in [5.41, 5.74) is 0.753. The Morgan fingerprint density at radius 3 is 2.65 bits per heavy atom. The number of halogens is 1. The molecule has 1 aliphatic heterocycles. The van der Waals surface area contributed by atoms with Crippen molar-refractivity contribution in [3.8, 4) is 12.3 Å². The average molecular weight is 292 g/mol. The highest BCUT2D eigenvalue weighted by molar-refractivity contribution is 6.30. The van der Waals surface area contributed by atoms with E-state index in [1.807, 2.05) is 0 Å². The van der Waals surface area contributed by atoms with E-state index in [0.717, 1.165) is 5.56 Å². The van der Waals surface area contributed by atoms with Crippen LogP contribution in [-0.4, -0.2) is 28.4 Å². The fourth-order valence-electron chi connectivity index (χ4n) is 2.40. The van der Waals surface area contributed by atoms with Crippen molar-refractivity contribution in [2.75, 3.05) is 6.54 Å². The summed E-state index contributed by atoms with van der Waals surface area (Å²) in [4.78, 5) is 24.6. The van der Waals surface area contributed by atoms with E-state index in [4.69, 9.17) is 23.1 Å². The molecule has 1 heterocycles. The van der Waals surface area contributed by atoms with Crippen molar-refractivity contribution in [2.45, 2.75) is 18.9 Å². The Morgan fingerprint density at radius 1 is 1.50 bits per heavy atom. The van der Waals surface area contributed by atoms with Gasteiger partial charge in [0, 0.05) is 23.9 Å². The third kappa shape index (κ3) is 3.12. The van der Waals surface area contributed by atoms with Gasteiger partial charge >= 0.3 is 5.97 Å². The number of carboxylic acid groups (broad SMARTS) is 1. The van der Waals surface area contributed by atoms with E-state index in [-0.39, 0.29) is 24.7 Å². The van der Waals surface area contributed by atoms with Crippen molar-refractivity contribution in [1.29, 1.82) is 0 Å². The first-order valence-electron chi connectivity index (χ1n) is 6.24. The van der Waals surface area contributed by atoms with Crippen LogP contribution in [0.3, 0.4) is 0 Å². The number of rotatable bonds is 4. The molecule has 0 radical (unpaired) electrons. The number of carbonyl (C=O) groups excluding carboxylic acids is 1. The standard InChI is InChI=1S/C15H14ClNO3/c1-2-10-7-14(18)17(9-10)13(8-15(19)20)11-3-5-12(16)6-4-11/h1,3-6,10,13H,7-9H2,(H,19,20). The lowest BCUT2D eigenvalue weighted by Crippen LogP contribution is -2.31. The summed E-state index contributed by atoms with van der Waals surface area (Å²) in [6, 6.07) is 6.35. The SMILES string of the molecule is C#CC1CC(=O)N(C(CC(=O)O)c2ccc(Cl)cc2)C1. The molecular weight excluding hydrogens is 278 g/mol. The van der Waals surface area contributed by atoms with Crippen LogP contribution in [0.2, 0.25) is 5.02 Å². The topological polar surface area (TPSA) is 57.6 Å². The zero-order chi connectivity index (χ0) is 14.7. The van der Waals surface area contributed by atoms with Gasteiger partial charge in [0.1, 0.15) is 0 Å². The highest BCUT2D eigenvalue weighted by Gasteiger charge is 2.35. The quantitative estimate of drug-likeness (QED) is 0.866. The van der Waals surface area contributed by atoms with E-state index < -0.39 is 12.0 Å². The Hall–Kier alpha value is -1.99. The molecule has 0 aromatic heterocycles. The van der Waals surface area contributed by atoms with Crippen LogP contribution in [0, 0.1) is 18.3 Å². The molecule has 20 heavy (non-hydrogen) atoms. The van der Waals surface area contributed by atoms with Crippen LogP contribution in [-0.2, 0) is 9.59 Å². The smallest absolute Gasteiger partial charge is 0.305 e. The predicted octanol–water partition coefficient (Wildman–Crippen LogP) is 2.34. The van der Waals surface area contributed by atoms with Crippen molar-refractivity contribution in [1.82, 2.24) is 4.90 Å². The van der Waals surface area contributed by atoms with Gasteiger partial charge in [-0.05, 0) is 17.7 Å². The Bertz CT molecular complexity index is 561. The largest absolute Gasteiger partial charge is 0.481 e. The molecular formula is C15H14ClNO3. The molecule has 1 amide bonds. The van der Waals surface area contributed by atoms with E-state index in [9.17, 15) is 9.59 Å². The second-order valence-electron chi connectivity index (χ2n) is 4.78. The van der Waals surface area contributed by atoms with Crippen molar-refractivity contribution in [3.63, 3.8) is 0 Å². The second kappa shape index (κ2) is 5.98. The van der Waals surface area contributed by atoms with Gasteiger partial charge in [-0.1, -0.05) is 23.7 Å². The summed E-state index contributed by atoms with van der Waals surface area (Å²) in [6.45, 7) is 0.399. The first-order chi connectivity index (χ1) is 9.51. The Kier molecular flexibility index (Phi) is 4.31. The zero-order valence-electron chi connectivity index (χ0n) is 10.8. The number of terminal acetylenes is 1. The molecule has 0 aliphatic carbocycles. The third-order valence-corrected chi connectivity index (χ3v) is 3.65. The summed E-state index contributed by atoms with van der Waals surface area (Å²) in [6.07, 6.45) is 5.49. The normalized spacial score (nSPS) is 19.7. The second-order valence-corrected chi connectivity index (χ2v) is 5.22. The van der Waals surface area contributed by atoms with E-state index in [1.165, 1.54) is 0 Å². The summed E-state index contributed by atoms with van der Waals surface area (Å²) < 4.78 is 0. The Balaban J connectivity index is 2.28. The number of benzene rings is 1. The summed E-state index contributed by atoms with van der Waals surface area (Å²) >= 11 is 5.83. The molecule has 1 aliphatic rings. The van der Waals surface area contributed by atoms with Gasteiger partial charge < -0.3 is 10.0 Å². The van der Waals surface area contributed by atoms with Crippen LogP contribution in [0.25, 0.3) is 0 Å². The summed E-state index contributed by atoms with van der Waals surface area (Å²) in [5, 5.41) is 9.63. The molecule has 5 heteroatoms. The number of carboxylic acids is 1. The molecule has 1 saturated heterocycles. The zero-order valence-corrected chi connectivity index (χ0v) is 11.5. The van der Waals surface area contributed by atoms with Crippen LogP contribution in [0.4, 0.5) is 0 Å². The Labute approximate surface area is 122 Å². The lowest BCUT2D eigenvalue weighted by Gasteiger charge is -2.27. The molecule has 1 aromatic rings. The molecule has 0 spiro atoms. The first-order valence-corrected chi connectivity index (χ1v) is 6.62. The number of likely N-dealkylation sites (tertiary alicyclic amines) is 1. The number of nitrogens with zero attached hydrogens (tertiary/aromatic N) is 1. The molecule has 104 valence electrons. The lowest BCUT2D eigenvalue weighted by molar-refractivity contribution is -0.139. The molecule has 1 N–H and O–H groups in total. The fourth-order valence-corrected chi connectivity index (χ4v) is 2.53. The summed E-state index contributed by atoms with van der Waals surface area (Å²) in [5.74, 6) is 1.36. The van der Waals surface area contributed by atoms with Crippen LogP contribution in [0.15, 0.2) is 24.3 Å². The molecule has 2 unspecified atom stereocenters. The average Bonchev–Trinajstić information content (AvgIpc) is 2.78. The van der Waals surface area contributed by atoms with Crippen LogP contribution in [0.1, 0.15) is 24.4 Å². The van der Waals surface area contributed by atoms with E-state index in [2.05, 4.69) is 5.92 Å². The number of carbonyl (C=O) groups is 2. The Morgan fingerprint density at radius 2 is 2.15 bits per heavy atom. The molecule has 0 saturated carbocycles. The highest BCUT2D eigenvalue weighted by Crippen LogP contribution is 2.31. The maximum atomic E-state index is 12.0. The van der Waals surface area contributed by atoms with Crippen LogP contribution >= 0.6 is 11.6 Å². The lowest BCUT2D eigenvalue weighted by atomic mass is 10.0. The summed E-state index contributed by atoms with van der Waals surface area (Å²) in [7, 11) is 0.